The van der Waals surface area contributed by atoms with Crippen molar-refractivity contribution in [2.45, 2.75) is 55.5 Å². The predicted octanol–water partition coefficient (Wildman–Crippen LogP) is 5.95. The molecule has 1 saturated heterocycles. The summed E-state index contributed by atoms with van der Waals surface area (Å²) in [5.41, 5.74) is -1.44. The number of hydrogen-bond acceptors (Lipinski definition) is 5. The number of likely N-dealkylation sites (N-methyl/N-ethyl adjacent to an activating group) is 1. The van der Waals surface area contributed by atoms with Gasteiger partial charge in [0.2, 0.25) is 0 Å². The van der Waals surface area contributed by atoms with Crippen LogP contribution in [-0.4, -0.2) is 68.1 Å². The maximum Gasteiger partial charge on any atom is 0.490 e. The Morgan fingerprint density at radius 2 is 1.67 bits per heavy atom. The minimum Gasteiger partial charge on any atom is -0.493 e. The van der Waals surface area contributed by atoms with Gasteiger partial charge in [-0.2, -0.15) is 26.3 Å². The second-order valence-corrected chi connectivity index (χ2v) is 10.2. The van der Waals surface area contributed by atoms with Crippen molar-refractivity contribution in [3.63, 3.8) is 0 Å². The van der Waals surface area contributed by atoms with Crippen LogP contribution in [0, 0.1) is 11.6 Å². The number of nitrogens with zero attached hydrogens (tertiary/aromatic N) is 1. The third kappa shape index (κ3) is 7.58. The third-order valence-corrected chi connectivity index (χ3v) is 7.61. The van der Waals surface area contributed by atoms with Crippen molar-refractivity contribution in [3.05, 3.63) is 53.1 Å². The Kier molecular flexibility index (Phi) is 10.0. The van der Waals surface area contributed by atoms with Gasteiger partial charge < -0.3 is 30.1 Å². The van der Waals surface area contributed by atoms with Crippen molar-refractivity contribution in [1.82, 2.24) is 10.2 Å². The molecule has 3 atom stereocenters. The van der Waals surface area contributed by atoms with E-state index in [1.807, 2.05) is 7.05 Å². The predicted molar refractivity (Wildman–Crippen MR) is 137 cm³/mol. The van der Waals surface area contributed by atoms with E-state index in [2.05, 4.69) is 15.5 Å². The van der Waals surface area contributed by atoms with Gasteiger partial charge in [-0.05, 0) is 69.1 Å². The summed E-state index contributed by atoms with van der Waals surface area (Å²) in [5, 5.41) is 12.2. The molecule has 43 heavy (non-hydrogen) atoms. The van der Waals surface area contributed by atoms with E-state index < -0.39 is 47.0 Å². The second kappa shape index (κ2) is 12.8. The molecule has 3 N–H and O–H groups in total. The first-order chi connectivity index (χ1) is 19.9. The van der Waals surface area contributed by atoms with Gasteiger partial charge >= 0.3 is 24.4 Å². The quantitative estimate of drug-likeness (QED) is 0.355. The van der Waals surface area contributed by atoms with Crippen LogP contribution in [0.2, 0.25) is 0 Å². The van der Waals surface area contributed by atoms with Crippen LogP contribution in [0.4, 0.5) is 45.6 Å². The van der Waals surface area contributed by atoms with Crippen LogP contribution >= 0.6 is 0 Å². The molecule has 238 valence electrons. The lowest BCUT2D eigenvalue weighted by atomic mass is 9.65. The normalized spacial score (nSPS) is 22.1. The van der Waals surface area contributed by atoms with E-state index in [-0.39, 0.29) is 23.5 Å². The highest BCUT2D eigenvalue weighted by Crippen LogP contribution is 2.51. The van der Waals surface area contributed by atoms with Crippen LogP contribution in [0.5, 0.6) is 11.5 Å². The van der Waals surface area contributed by atoms with Gasteiger partial charge in [0.05, 0.1) is 19.8 Å². The number of rotatable bonds is 5. The van der Waals surface area contributed by atoms with E-state index >= 15 is 4.39 Å². The Hall–Kier alpha value is -3.82. The van der Waals surface area contributed by atoms with E-state index in [9.17, 15) is 35.5 Å². The number of ether oxygens (including phenoxy) is 2. The molecule has 1 saturated carbocycles. The summed E-state index contributed by atoms with van der Waals surface area (Å²) in [7, 11) is 4.77. The number of carbonyl (C=O) groups excluding carboxylic acids is 1. The molecular formula is C27H29F8N3O5. The summed E-state index contributed by atoms with van der Waals surface area (Å²) in [6.07, 6.45) is -7.48. The largest absolute Gasteiger partial charge is 0.493 e. The molecule has 0 aromatic heterocycles. The van der Waals surface area contributed by atoms with Crippen LogP contribution in [0.25, 0.3) is 0 Å². The number of likely N-dealkylation sites (tertiary alicyclic amines) is 1. The fraction of sp³-hybridized carbons (Fsp3) is 0.481. The monoisotopic (exact) mass is 627 g/mol. The Morgan fingerprint density at radius 3 is 2.23 bits per heavy atom. The molecular weight excluding hydrogens is 598 g/mol. The van der Waals surface area contributed by atoms with Crippen molar-refractivity contribution in [1.29, 1.82) is 0 Å². The zero-order chi connectivity index (χ0) is 32.3. The number of aliphatic carboxylic acids is 1. The molecule has 2 fully saturated rings. The minimum absolute atomic E-state index is 0.0469. The first kappa shape index (κ1) is 33.7. The molecule has 2 aromatic rings. The minimum atomic E-state index is -5.08. The molecule has 1 heterocycles. The molecule has 0 bridgehead atoms. The van der Waals surface area contributed by atoms with E-state index in [1.54, 1.807) is 12.1 Å². The van der Waals surface area contributed by atoms with Crippen LogP contribution < -0.4 is 20.1 Å². The average molecular weight is 628 g/mol. The number of nitrogens with one attached hydrogen (secondary N) is 2. The van der Waals surface area contributed by atoms with E-state index in [0.717, 1.165) is 19.0 Å². The second-order valence-electron chi connectivity index (χ2n) is 10.2. The van der Waals surface area contributed by atoms with E-state index in [0.29, 0.717) is 42.7 Å². The summed E-state index contributed by atoms with van der Waals surface area (Å²) in [5.74, 6) is -3.98. The Labute approximate surface area is 240 Å². The number of carbonyl (C=O) groups is 2. The van der Waals surface area contributed by atoms with Gasteiger partial charge in [-0.25, -0.2) is 18.4 Å². The zero-order valence-corrected chi connectivity index (χ0v) is 23.1. The number of fused-ring (bicyclic) bond motifs is 1. The first-order valence-corrected chi connectivity index (χ1v) is 12.8. The molecule has 2 aromatic carbocycles. The molecule has 8 nitrogen and oxygen atoms in total. The molecule has 1 aliphatic heterocycles. The maximum absolute atomic E-state index is 15.5. The number of hydrogen-bond donors (Lipinski definition) is 3. The SMILES string of the molecule is COc1ccc(C23CCC(NC(=O)Nc4cc(F)cc(C(F)(F)F)c4)CC2N(C)CC3)c(F)c1OC.O=C(O)C(F)(F)F. The number of carboxylic acids is 1. The third-order valence-electron chi connectivity index (χ3n) is 7.61. The molecule has 0 spiro atoms. The summed E-state index contributed by atoms with van der Waals surface area (Å²) in [4.78, 5) is 23.6. The number of carboxylic acid groups (broad SMARTS) is 1. The smallest absolute Gasteiger partial charge is 0.490 e. The number of urea groups is 1. The van der Waals surface area contributed by atoms with Gasteiger partial charge in [0.15, 0.2) is 17.3 Å². The number of anilines is 1. The standard InChI is InChI=1S/C25H28F5N3O3.C2HF3O2/c1-33-9-8-24(18-4-5-19(35-2)22(36-3)21(18)27)7-6-16(13-20(24)33)31-23(34)32-17-11-14(25(28,29)30)10-15(26)12-17;3-2(4,5)1(6)7/h4-5,10-12,16,20H,6-9,13H2,1-3H3,(H2,31,32,34);(H,6,7). The number of alkyl halides is 6. The molecule has 1 aliphatic carbocycles. The molecule has 0 radical (unpaired) electrons. The summed E-state index contributed by atoms with van der Waals surface area (Å²) < 4.78 is 110. The van der Waals surface area contributed by atoms with Gasteiger partial charge in [0.25, 0.3) is 0 Å². The first-order valence-electron chi connectivity index (χ1n) is 12.8. The summed E-state index contributed by atoms with van der Waals surface area (Å²) >= 11 is 0. The number of amides is 2. The van der Waals surface area contributed by atoms with Crippen molar-refractivity contribution >= 4 is 17.7 Å². The maximum atomic E-state index is 15.5. The van der Waals surface area contributed by atoms with Crippen LogP contribution in [0.15, 0.2) is 30.3 Å². The highest BCUT2D eigenvalue weighted by atomic mass is 19.4. The fourth-order valence-corrected chi connectivity index (χ4v) is 5.67. The Bertz CT molecular complexity index is 1340. The van der Waals surface area contributed by atoms with Gasteiger partial charge in [-0.1, -0.05) is 6.07 Å². The summed E-state index contributed by atoms with van der Waals surface area (Å²) in [6.45, 7) is 0.737. The summed E-state index contributed by atoms with van der Waals surface area (Å²) in [6, 6.07) is 4.16. The lowest BCUT2D eigenvalue weighted by Crippen LogP contribution is -2.52. The lowest BCUT2D eigenvalue weighted by Gasteiger charge is -2.45. The van der Waals surface area contributed by atoms with Crippen molar-refractivity contribution in [2.75, 3.05) is 33.1 Å². The topological polar surface area (TPSA) is 100 Å². The van der Waals surface area contributed by atoms with Crippen molar-refractivity contribution in [2.24, 2.45) is 0 Å². The molecule has 3 unspecified atom stereocenters. The molecule has 16 heteroatoms. The fourth-order valence-electron chi connectivity index (χ4n) is 5.67. The van der Waals surface area contributed by atoms with Gasteiger partial charge in [0, 0.05) is 23.2 Å². The number of halogens is 8. The zero-order valence-electron chi connectivity index (χ0n) is 23.1. The number of benzene rings is 2. The van der Waals surface area contributed by atoms with Crippen LogP contribution in [0.1, 0.15) is 36.8 Å². The highest BCUT2D eigenvalue weighted by Gasteiger charge is 2.52. The Balaban J connectivity index is 0.000000646. The van der Waals surface area contributed by atoms with E-state index in [4.69, 9.17) is 19.4 Å². The highest BCUT2D eigenvalue weighted by molar-refractivity contribution is 5.89. The van der Waals surface area contributed by atoms with Gasteiger partial charge in [-0.15, -0.1) is 0 Å². The lowest BCUT2D eigenvalue weighted by molar-refractivity contribution is -0.192. The van der Waals surface area contributed by atoms with Crippen molar-refractivity contribution < 1.29 is 59.3 Å². The van der Waals surface area contributed by atoms with Crippen molar-refractivity contribution in [3.8, 4) is 11.5 Å². The molecule has 4 rings (SSSR count). The van der Waals surface area contributed by atoms with Gasteiger partial charge in [-0.3, -0.25) is 0 Å². The Morgan fingerprint density at radius 1 is 1.02 bits per heavy atom. The van der Waals surface area contributed by atoms with Crippen LogP contribution in [-0.2, 0) is 16.4 Å². The molecule has 2 aliphatic rings. The average Bonchev–Trinajstić information content (AvgIpc) is 3.23. The van der Waals surface area contributed by atoms with E-state index in [1.165, 1.54) is 14.2 Å². The number of methoxy groups -OCH3 is 2. The van der Waals surface area contributed by atoms with Crippen LogP contribution in [0.3, 0.4) is 0 Å². The van der Waals surface area contributed by atoms with Gasteiger partial charge in [0.1, 0.15) is 5.82 Å². The molecule has 2 amide bonds.